The van der Waals surface area contributed by atoms with Crippen molar-refractivity contribution in [3.8, 4) is 0 Å². The number of carbonyl (C=O) groups excluding carboxylic acids is 2. The monoisotopic (exact) mass is 354 g/mol. The summed E-state index contributed by atoms with van der Waals surface area (Å²) in [6.45, 7) is 2.06. The van der Waals surface area contributed by atoms with Crippen LogP contribution < -0.4 is 5.32 Å². The molecule has 0 fully saturated rings. The Bertz CT molecular complexity index is 811. The third-order valence-electron chi connectivity index (χ3n) is 3.40. The van der Waals surface area contributed by atoms with Gasteiger partial charge >= 0.3 is 5.97 Å². The number of benzene rings is 2. The van der Waals surface area contributed by atoms with E-state index < -0.39 is 10.9 Å². The normalized spacial score (nSPS) is 10.5. The van der Waals surface area contributed by atoms with Gasteiger partial charge in [-0.1, -0.05) is 24.3 Å². The van der Waals surface area contributed by atoms with Crippen LogP contribution in [-0.2, 0) is 20.7 Å². The summed E-state index contributed by atoms with van der Waals surface area (Å²) in [4.78, 5) is 33.4. The van der Waals surface area contributed by atoms with Crippen molar-refractivity contribution in [2.45, 2.75) is 13.3 Å². The van der Waals surface area contributed by atoms with Gasteiger partial charge in [-0.25, -0.2) is 4.79 Å². The second-order valence-electron chi connectivity index (χ2n) is 5.36. The van der Waals surface area contributed by atoms with E-state index in [0.717, 1.165) is 5.56 Å². The minimum Gasteiger partial charge on any atom is -0.463 e. The third kappa shape index (κ3) is 5.86. The average molecular weight is 354 g/mol. The fourth-order valence-electron chi connectivity index (χ4n) is 2.16. The van der Waals surface area contributed by atoms with Gasteiger partial charge in [0.15, 0.2) is 0 Å². The van der Waals surface area contributed by atoms with E-state index in [1.165, 1.54) is 18.2 Å². The fraction of sp³-hybridized carbons (Fsp3) is 0.158. The first kappa shape index (κ1) is 18.9. The summed E-state index contributed by atoms with van der Waals surface area (Å²) in [6, 6.07) is 12.8. The number of anilines is 1. The van der Waals surface area contributed by atoms with Gasteiger partial charge in [0.05, 0.1) is 18.0 Å². The lowest BCUT2D eigenvalue weighted by Gasteiger charge is -2.06. The molecular formula is C19H18N2O5. The molecule has 0 saturated carbocycles. The van der Waals surface area contributed by atoms with Gasteiger partial charge in [0.2, 0.25) is 5.91 Å². The van der Waals surface area contributed by atoms with Crippen LogP contribution in [0.25, 0.3) is 6.08 Å². The predicted octanol–water partition coefficient (Wildman–Crippen LogP) is 3.35. The number of nitro benzene ring substituents is 1. The molecule has 0 spiro atoms. The van der Waals surface area contributed by atoms with Crippen LogP contribution in [0.3, 0.4) is 0 Å². The number of hydrogen-bond donors (Lipinski definition) is 1. The molecule has 0 atom stereocenters. The maximum Gasteiger partial charge on any atom is 0.330 e. The van der Waals surface area contributed by atoms with E-state index >= 15 is 0 Å². The number of nitrogens with zero attached hydrogens (tertiary/aromatic N) is 1. The highest BCUT2D eigenvalue weighted by Crippen LogP contribution is 2.14. The molecule has 0 aromatic heterocycles. The van der Waals surface area contributed by atoms with Crippen LogP contribution in [0.15, 0.2) is 54.6 Å². The zero-order chi connectivity index (χ0) is 18.9. The van der Waals surface area contributed by atoms with Gasteiger partial charge in [-0.15, -0.1) is 0 Å². The topological polar surface area (TPSA) is 98.5 Å². The molecule has 0 saturated heterocycles. The maximum atomic E-state index is 12.1. The molecule has 2 rings (SSSR count). The number of nitro groups is 1. The van der Waals surface area contributed by atoms with Crippen LogP contribution in [0.5, 0.6) is 0 Å². The number of amides is 1. The van der Waals surface area contributed by atoms with E-state index in [1.807, 2.05) is 0 Å². The van der Waals surface area contributed by atoms with Gasteiger partial charge in [-0.2, -0.15) is 0 Å². The number of carbonyl (C=O) groups is 2. The lowest BCUT2D eigenvalue weighted by atomic mass is 10.1. The van der Waals surface area contributed by atoms with Gasteiger partial charge in [-0.05, 0) is 36.3 Å². The van der Waals surface area contributed by atoms with E-state index in [4.69, 9.17) is 4.74 Å². The summed E-state index contributed by atoms with van der Waals surface area (Å²) in [7, 11) is 0. The Morgan fingerprint density at radius 3 is 2.35 bits per heavy atom. The molecule has 1 N–H and O–H groups in total. The lowest BCUT2D eigenvalue weighted by molar-refractivity contribution is -0.384. The molecule has 2 aromatic carbocycles. The molecule has 0 aliphatic rings. The van der Waals surface area contributed by atoms with E-state index in [2.05, 4.69) is 5.32 Å². The van der Waals surface area contributed by atoms with Gasteiger partial charge in [0, 0.05) is 23.9 Å². The van der Waals surface area contributed by atoms with Crippen LogP contribution in [0, 0.1) is 10.1 Å². The molecule has 26 heavy (non-hydrogen) atoms. The van der Waals surface area contributed by atoms with Crippen molar-refractivity contribution in [3.05, 3.63) is 75.8 Å². The van der Waals surface area contributed by atoms with E-state index in [0.29, 0.717) is 17.9 Å². The third-order valence-corrected chi connectivity index (χ3v) is 3.40. The minimum atomic E-state index is -0.484. The van der Waals surface area contributed by atoms with Crippen molar-refractivity contribution < 1.29 is 19.2 Å². The Balaban J connectivity index is 1.90. The van der Waals surface area contributed by atoms with Crippen LogP contribution >= 0.6 is 0 Å². The van der Waals surface area contributed by atoms with Crippen molar-refractivity contribution in [3.63, 3.8) is 0 Å². The molecule has 1 amide bonds. The number of rotatable bonds is 7. The zero-order valence-electron chi connectivity index (χ0n) is 14.2. The quantitative estimate of drug-likeness (QED) is 0.356. The molecule has 134 valence electrons. The van der Waals surface area contributed by atoms with Crippen molar-refractivity contribution >= 4 is 29.3 Å². The molecule has 2 aromatic rings. The Labute approximate surface area is 150 Å². The highest BCUT2D eigenvalue weighted by molar-refractivity contribution is 5.92. The molecule has 0 unspecified atom stereocenters. The van der Waals surface area contributed by atoms with Crippen molar-refractivity contribution in [1.29, 1.82) is 0 Å². The van der Waals surface area contributed by atoms with Gasteiger partial charge in [-0.3, -0.25) is 14.9 Å². The van der Waals surface area contributed by atoms with Crippen molar-refractivity contribution in [1.82, 2.24) is 0 Å². The smallest absolute Gasteiger partial charge is 0.330 e. The minimum absolute atomic E-state index is 0.0133. The Morgan fingerprint density at radius 2 is 1.77 bits per heavy atom. The lowest BCUT2D eigenvalue weighted by Crippen LogP contribution is -2.14. The van der Waals surface area contributed by atoms with Crippen LogP contribution in [-0.4, -0.2) is 23.4 Å². The predicted molar refractivity (Wildman–Crippen MR) is 97.5 cm³/mol. The number of nitrogens with one attached hydrogen (secondary N) is 1. The first-order chi connectivity index (χ1) is 12.5. The zero-order valence-corrected chi connectivity index (χ0v) is 14.2. The standard InChI is InChI=1S/C19H18N2O5/c1-2-26-19(23)12-7-14-3-8-16(9-4-14)20-18(22)13-15-5-10-17(11-6-15)21(24)25/h3-12H,2,13H2,1H3,(H,20,22)/b12-7+. The Morgan fingerprint density at radius 1 is 1.12 bits per heavy atom. The largest absolute Gasteiger partial charge is 0.463 e. The summed E-state index contributed by atoms with van der Waals surface area (Å²) in [5.41, 5.74) is 2.08. The van der Waals surface area contributed by atoms with Crippen LogP contribution in [0.1, 0.15) is 18.1 Å². The maximum absolute atomic E-state index is 12.1. The van der Waals surface area contributed by atoms with Crippen LogP contribution in [0.4, 0.5) is 11.4 Å². The Kier molecular flexibility index (Phi) is 6.61. The van der Waals surface area contributed by atoms with Crippen LogP contribution in [0.2, 0.25) is 0 Å². The molecule has 0 radical (unpaired) electrons. The average Bonchev–Trinajstić information content (AvgIpc) is 2.62. The van der Waals surface area contributed by atoms with E-state index in [9.17, 15) is 19.7 Å². The summed E-state index contributed by atoms with van der Waals surface area (Å²) in [5, 5.41) is 13.4. The second kappa shape index (κ2) is 9.12. The summed E-state index contributed by atoms with van der Waals surface area (Å²) >= 11 is 0. The summed E-state index contributed by atoms with van der Waals surface area (Å²) < 4.78 is 4.80. The Hall–Kier alpha value is -3.48. The number of hydrogen-bond acceptors (Lipinski definition) is 5. The molecule has 0 bridgehead atoms. The second-order valence-corrected chi connectivity index (χ2v) is 5.36. The molecule has 0 heterocycles. The molecular weight excluding hydrogens is 336 g/mol. The first-order valence-electron chi connectivity index (χ1n) is 7.96. The summed E-state index contributed by atoms with van der Waals surface area (Å²) in [6.07, 6.45) is 3.08. The van der Waals surface area contributed by atoms with E-state index in [-0.39, 0.29) is 18.0 Å². The van der Waals surface area contributed by atoms with Gasteiger partial charge < -0.3 is 10.1 Å². The van der Waals surface area contributed by atoms with Crippen molar-refractivity contribution in [2.24, 2.45) is 0 Å². The van der Waals surface area contributed by atoms with E-state index in [1.54, 1.807) is 49.4 Å². The fourth-order valence-corrected chi connectivity index (χ4v) is 2.16. The molecule has 7 heteroatoms. The number of esters is 1. The highest BCUT2D eigenvalue weighted by atomic mass is 16.6. The molecule has 0 aliphatic heterocycles. The van der Waals surface area contributed by atoms with Gasteiger partial charge in [0.25, 0.3) is 5.69 Å². The number of non-ortho nitro benzene ring substituents is 1. The highest BCUT2D eigenvalue weighted by Gasteiger charge is 2.07. The summed E-state index contributed by atoms with van der Waals surface area (Å²) in [5.74, 6) is -0.637. The van der Waals surface area contributed by atoms with Gasteiger partial charge in [0.1, 0.15) is 0 Å². The molecule has 7 nitrogen and oxygen atoms in total. The first-order valence-corrected chi connectivity index (χ1v) is 7.96. The van der Waals surface area contributed by atoms with Crippen molar-refractivity contribution in [2.75, 3.05) is 11.9 Å². The molecule has 0 aliphatic carbocycles. The SMILES string of the molecule is CCOC(=O)/C=C/c1ccc(NC(=O)Cc2ccc([N+](=O)[O-])cc2)cc1. The number of ether oxygens (including phenoxy) is 1.